The maximum atomic E-state index is 12.8. The molecule has 1 saturated carbocycles. The molecular weight excluding hydrogens is 366 g/mol. The number of halogens is 2. The zero-order valence-electron chi connectivity index (χ0n) is 12.8. The van der Waals surface area contributed by atoms with Crippen molar-refractivity contribution in [1.29, 1.82) is 0 Å². The molecule has 0 spiro atoms. The van der Waals surface area contributed by atoms with Crippen molar-refractivity contribution in [1.82, 2.24) is 4.90 Å². The summed E-state index contributed by atoms with van der Waals surface area (Å²) in [6, 6.07) is 5.29. The van der Waals surface area contributed by atoms with Crippen molar-refractivity contribution >= 4 is 39.2 Å². The number of benzene rings is 1. The smallest absolute Gasteiger partial charge is 0.254 e. The van der Waals surface area contributed by atoms with Crippen LogP contribution in [0.4, 0.5) is 0 Å². The lowest BCUT2D eigenvalue weighted by Crippen LogP contribution is -2.41. The molecule has 0 heterocycles. The monoisotopic (exact) mass is 385 g/mol. The largest absolute Gasteiger partial charge is 0.336 e. The molecule has 0 saturated heterocycles. The fraction of sp³-hybridized carbons (Fsp3) is 0.529. The highest BCUT2D eigenvalue weighted by Gasteiger charge is 2.25. The van der Waals surface area contributed by atoms with E-state index in [-0.39, 0.29) is 17.0 Å². The minimum absolute atomic E-state index is 0.00846. The number of hydrogen-bond donors (Lipinski definition) is 0. The second-order valence-electron chi connectivity index (χ2n) is 5.63. The van der Waals surface area contributed by atoms with Crippen LogP contribution in [0, 0.1) is 0 Å². The second kappa shape index (κ2) is 8.11. The van der Waals surface area contributed by atoms with Crippen LogP contribution in [0.15, 0.2) is 18.2 Å². The minimum Gasteiger partial charge on any atom is -0.336 e. The first-order chi connectivity index (χ1) is 10.6. The van der Waals surface area contributed by atoms with E-state index in [1.165, 1.54) is 19.3 Å². The number of carbonyl (C=O) groups is 2. The van der Waals surface area contributed by atoms with Gasteiger partial charge in [0.1, 0.15) is 0 Å². The van der Waals surface area contributed by atoms with Crippen molar-refractivity contribution < 1.29 is 9.59 Å². The summed E-state index contributed by atoms with van der Waals surface area (Å²) in [5.41, 5.74) is 1.01. The van der Waals surface area contributed by atoms with Gasteiger partial charge in [-0.3, -0.25) is 9.59 Å². The van der Waals surface area contributed by atoms with Gasteiger partial charge in [0.2, 0.25) is 0 Å². The normalized spacial score (nSPS) is 15.6. The lowest BCUT2D eigenvalue weighted by Gasteiger charge is -2.33. The van der Waals surface area contributed by atoms with E-state index in [1.807, 2.05) is 11.8 Å². The summed E-state index contributed by atoms with van der Waals surface area (Å²) in [6.07, 6.45) is 5.79. The van der Waals surface area contributed by atoms with Crippen LogP contribution in [0.25, 0.3) is 0 Å². The van der Waals surface area contributed by atoms with E-state index in [0.717, 1.165) is 12.8 Å². The zero-order valence-corrected chi connectivity index (χ0v) is 15.1. The summed E-state index contributed by atoms with van der Waals surface area (Å²) in [7, 11) is 0. The lowest BCUT2D eigenvalue weighted by molar-refractivity contribution is 0.0647. The Bertz CT molecular complexity index is 556. The van der Waals surface area contributed by atoms with Crippen LogP contribution in [0.5, 0.6) is 0 Å². The van der Waals surface area contributed by atoms with Gasteiger partial charge in [0.05, 0.1) is 10.4 Å². The van der Waals surface area contributed by atoms with E-state index in [9.17, 15) is 9.59 Å². The molecule has 2 rings (SSSR count). The van der Waals surface area contributed by atoms with Gasteiger partial charge in [-0.15, -0.1) is 0 Å². The summed E-state index contributed by atoms with van der Waals surface area (Å²) in [6.45, 7) is 2.71. The van der Waals surface area contributed by atoms with Crippen molar-refractivity contribution in [3.05, 3.63) is 34.3 Å². The molecule has 0 radical (unpaired) electrons. The molecule has 0 bridgehead atoms. The number of rotatable bonds is 5. The quantitative estimate of drug-likeness (QED) is 0.543. The fourth-order valence-corrected chi connectivity index (χ4v) is 3.66. The van der Waals surface area contributed by atoms with Gasteiger partial charge in [-0.05, 0) is 38.0 Å². The van der Waals surface area contributed by atoms with Gasteiger partial charge in [0.25, 0.3) is 5.91 Å². The molecule has 1 aromatic rings. The number of alkyl halides is 1. The van der Waals surface area contributed by atoms with Crippen molar-refractivity contribution in [3.8, 4) is 0 Å². The van der Waals surface area contributed by atoms with E-state index in [0.29, 0.717) is 28.7 Å². The summed E-state index contributed by atoms with van der Waals surface area (Å²) < 4.78 is 0. The van der Waals surface area contributed by atoms with Crippen LogP contribution < -0.4 is 0 Å². The van der Waals surface area contributed by atoms with E-state index < -0.39 is 0 Å². The highest BCUT2D eigenvalue weighted by molar-refractivity contribution is 9.09. The first-order valence-corrected chi connectivity index (χ1v) is 9.28. The molecule has 22 heavy (non-hydrogen) atoms. The molecule has 1 aliphatic rings. The average Bonchev–Trinajstić information content (AvgIpc) is 2.55. The Balaban J connectivity index is 2.20. The zero-order chi connectivity index (χ0) is 16.1. The lowest BCUT2D eigenvalue weighted by atomic mass is 9.93. The van der Waals surface area contributed by atoms with Crippen molar-refractivity contribution in [2.75, 3.05) is 11.9 Å². The number of amides is 1. The summed E-state index contributed by atoms with van der Waals surface area (Å²) in [5.74, 6) is -0.0715. The summed E-state index contributed by atoms with van der Waals surface area (Å²) in [5, 5.41) is 0.568. The van der Waals surface area contributed by atoms with Crippen molar-refractivity contribution in [2.24, 2.45) is 0 Å². The van der Waals surface area contributed by atoms with Gasteiger partial charge in [0, 0.05) is 23.7 Å². The third-order valence-electron chi connectivity index (χ3n) is 4.25. The van der Waals surface area contributed by atoms with Gasteiger partial charge in [-0.1, -0.05) is 46.8 Å². The number of nitrogens with zero attached hydrogens (tertiary/aromatic N) is 1. The average molecular weight is 387 g/mol. The molecule has 0 unspecified atom stereocenters. The fourth-order valence-electron chi connectivity index (χ4n) is 3.07. The Morgan fingerprint density at radius 3 is 2.50 bits per heavy atom. The van der Waals surface area contributed by atoms with Crippen LogP contribution in [-0.4, -0.2) is 34.5 Å². The molecule has 3 nitrogen and oxygen atoms in total. The van der Waals surface area contributed by atoms with Crippen molar-refractivity contribution in [2.45, 2.75) is 45.1 Å². The van der Waals surface area contributed by atoms with E-state index in [2.05, 4.69) is 15.9 Å². The van der Waals surface area contributed by atoms with Crippen LogP contribution in [0.3, 0.4) is 0 Å². The molecule has 120 valence electrons. The van der Waals surface area contributed by atoms with Crippen LogP contribution >= 0.6 is 27.5 Å². The van der Waals surface area contributed by atoms with Gasteiger partial charge in [0.15, 0.2) is 5.78 Å². The first-order valence-electron chi connectivity index (χ1n) is 7.78. The Kier molecular flexibility index (Phi) is 6.45. The van der Waals surface area contributed by atoms with Gasteiger partial charge in [-0.25, -0.2) is 0 Å². The Morgan fingerprint density at radius 2 is 1.95 bits per heavy atom. The van der Waals surface area contributed by atoms with Gasteiger partial charge in [-0.2, -0.15) is 0 Å². The summed E-state index contributed by atoms with van der Waals surface area (Å²) >= 11 is 9.30. The number of hydrogen-bond acceptors (Lipinski definition) is 2. The van der Waals surface area contributed by atoms with Crippen LogP contribution in [0.2, 0.25) is 5.02 Å². The molecule has 0 N–H and O–H groups in total. The predicted octanol–water partition coefficient (Wildman–Crippen LogP) is 4.71. The SMILES string of the molecule is CCN(C(=O)c1ccc(C(=O)CBr)c(Cl)c1)C1CCCCC1. The molecule has 0 aliphatic heterocycles. The van der Waals surface area contributed by atoms with E-state index in [1.54, 1.807) is 18.2 Å². The van der Waals surface area contributed by atoms with Gasteiger partial charge < -0.3 is 4.90 Å². The Hall–Kier alpha value is -0.870. The number of carbonyl (C=O) groups excluding carboxylic acids is 2. The maximum absolute atomic E-state index is 12.8. The van der Waals surface area contributed by atoms with Gasteiger partial charge >= 0.3 is 0 Å². The molecule has 1 fully saturated rings. The summed E-state index contributed by atoms with van der Waals surface area (Å²) in [4.78, 5) is 26.4. The van der Waals surface area contributed by atoms with Crippen molar-refractivity contribution in [3.63, 3.8) is 0 Å². The molecule has 1 aliphatic carbocycles. The maximum Gasteiger partial charge on any atom is 0.254 e. The Morgan fingerprint density at radius 1 is 1.27 bits per heavy atom. The molecule has 0 atom stereocenters. The van der Waals surface area contributed by atoms with Crippen LogP contribution in [0.1, 0.15) is 59.7 Å². The second-order valence-corrected chi connectivity index (χ2v) is 6.60. The topological polar surface area (TPSA) is 37.4 Å². The third kappa shape index (κ3) is 3.90. The number of ketones is 1. The molecular formula is C17H21BrClNO2. The predicted molar refractivity (Wildman–Crippen MR) is 93.2 cm³/mol. The molecule has 1 amide bonds. The highest BCUT2D eigenvalue weighted by Crippen LogP contribution is 2.25. The molecule has 0 aromatic heterocycles. The third-order valence-corrected chi connectivity index (χ3v) is 5.08. The highest BCUT2D eigenvalue weighted by atomic mass is 79.9. The standard InChI is InChI=1S/C17H21BrClNO2/c1-2-20(13-6-4-3-5-7-13)17(22)12-8-9-14(15(19)10-12)16(21)11-18/h8-10,13H,2-7,11H2,1H3. The Labute approximate surface area is 145 Å². The molecule has 1 aromatic carbocycles. The first kappa shape index (κ1) is 17.5. The minimum atomic E-state index is -0.0800. The van der Waals surface area contributed by atoms with E-state index >= 15 is 0 Å². The van der Waals surface area contributed by atoms with Crippen LogP contribution in [-0.2, 0) is 0 Å². The molecule has 5 heteroatoms. The van der Waals surface area contributed by atoms with E-state index in [4.69, 9.17) is 11.6 Å². The number of Topliss-reactive ketones (excluding diaryl/α,β-unsaturated/α-hetero) is 1.